The molecule has 0 spiro atoms. The van der Waals surface area contributed by atoms with E-state index in [1.54, 1.807) is 26.4 Å². The molecule has 0 saturated carbocycles. The van der Waals surface area contributed by atoms with Crippen molar-refractivity contribution >= 4 is 11.6 Å². The van der Waals surface area contributed by atoms with E-state index in [1.165, 1.54) is 6.07 Å². The van der Waals surface area contributed by atoms with E-state index in [0.717, 1.165) is 23.1 Å². The van der Waals surface area contributed by atoms with Gasteiger partial charge >= 0.3 is 0 Å². The third-order valence-corrected chi connectivity index (χ3v) is 3.40. The molecular formula is C18H20O4. The molecule has 0 aliphatic carbocycles. The van der Waals surface area contributed by atoms with Gasteiger partial charge in [-0.3, -0.25) is 0 Å². The number of phenolic OH excluding ortho intramolecular Hbond substituents is 2. The molecule has 2 N–H and O–H groups in total. The topological polar surface area (TPSA) is 58.9 Å². The summed E-state index contributed by atoms with van der Waals surface area (Å²) in [6.07, 6.45) is 2.76. The van der Waals surface area contributed by atoms with Crippen molar-refractivity contribution in [2.45, 2.75) is 13.3 Å². The molecule has 0 unspecified atom stereocenters. The van der Waals surface area contributed by atoms with Gasteiger partial charge in [-0.15, -0.1) is 0 Å². The van der Waals surface area contributed by atoms with Crippen LogP contribution in [0.1, 0.15) is 24.5 Å². The zero-order valence-electron chi connectivity index (χ0n) is 13.0. The average Bonchev–Trinajstić information content (AvgIpc) is 2.51. The van der Waals surface area contributed by atoms with E-state index in [4.69, 9.17) is 9.47 Å². The summed E-state index contributed by atoms with van der Waals surface area (Å²) in [5, 5.41) is 19.3. The fraction of sp³-hybridized carbons (Fsp3) is 0.222. The fourth-order valence-electron chi connectivity index (χ4n) is 2.31. The van der Waals surface area contributed by atoms with E-state index in [2.05, 4.69) is 0 Å². The van der Waals surface area contributed by atoms with E-state index in [1.807, 2.05) is 31.2 Å². The summed E-state index contributed by atoms with van der Waals surface area (Å²) in [6.45, 7) is 2.02. The highest BCUT2D eigenvalue weighted by molar-refractivity contribution is 5.82. The Morgan fingerprint density at radius 2 is 1.59 bits per heavy atom. The van der Waals surface area contributed by atoms with E-state index < -0.39 is 0 Å². The van der Waals surface area contributed by atoms with Gasteiger partial charge in [0.2, 0.25) is 0 Å². The second-order valence-electron chi connectivity index (χ2n) is 4.88. The highest BCUT2D eigenvalue weighted by Crippen LogP contribution is 2.32. The number of phenols is 2. The van der Waals surface area contributed by atoms with Gasteiger partial charge in [-0.05, 0) is 47.4 Å². The molecule has 0 aliphatic heterocycles. The van der Waals surface area contributed by atoms with Crippen molar-refractivity contribution in [1.29, 1.82) is 0 Å². The Kier molecular flexibility index (Phi) is 4.94. The third kappa shape index (κ3) is 3.52. The molecule has 0 fully saturated rings. The average molecular weight is 300 g/mol. The normalized spacial score (nSPS) is 11.3. The number of hydrogen-bond acceptors (Lipinski definition) is 4. The molecule has 0 aliphatic rings. The molecule has 2 aromatic carbocycles. The van der Waals surface area contributed by atoms with Gasteiger partial charge in [0, 0.05) is 6.07 Å². The lowest BCUT2D eigenvalue weighted by Crippen LogP contribution is -1.91. The fourth-order valence-corrected chi connectivity index (χ4v) is 2.31. The predicted molar refractivity (Wildman–Crippen MR) is 87.5 cm³/mol. The van der Waals surface area contributed by atoms with Crippen LogP contribution in [0, 0.1) is 0 Å². The summed E-state index contributed by atoms with van der Waals surface area (Å²) < 4.78 is 10.5. The van der Waals surface area contributed by atoms with Crippen LogP contribution in [0.4, 0.5) is 0 Å². The lowest BCUT2D eigenvalue weighted by atomic mass is 10.00. The molecule has 0 amide bonds. The zero-order valence-corrected chi connectivity index (χ0v) is 13.0. The smallest absolute Gasteiger partial charge is 0.161 e. The van der Waals surface area contributed by atoms with Crippen molar-refractivity contribution in [3.05, 3.63) is 47.5 Å². The summed E-state index contributed by atoms with van der Waals surface area (Å²) in [4.78, 5) is 0. The highest BCUT2D eigenvalue weighted by atomic mass is 16.5. The monoisotopic (exact) mass is 300 g/mol. The van der Waals surface area contributed by atoms with Crippen molar-refractivity contribution in [3.63, 3.8) is 0 Å². The Labute approximate surface area is 130 Å². The van der Waals surface area contributed by atoms with Gasteiger partial charge < -0.3 is 19.7 Å². The molecule has 0 bridgehead atoms. The van der Waals surface area contributed by atoms with Crippen LogP contribution < -0.4 is 9.47 Å². The van der Waals surface area contributed by atoms with Gasteiger partial charge in [-0.2, -0.15) is 0 Å². The number of hydrogen-bond donors (Lipinski definition) is 2. The molecule has 22 heavy (non-hydrogen) atoms. The van der Waals surface area contributed by atoms with Gasteiger partial charge in [0.05, 0.1) is 14.2 Å². The van der Waals surface area contributed by atoms with Crippen LogP contribution in [0.3, 0.4) is 0 Å². The number of benzene rings is 2. The summed E-state index contributed by atoms with van der Waals surface area (Å²) in [7, 11) is 3.19. The first-order valence-corrected chi connectivity index (χ1v) is 7.03. The maximum Gasteiger partial charge on any atom is 0.161 e. The standard InChI is InChI=1S/C18H20O4/c1-4-13(14-9-15(19)11-16(20)10-14)7-12-5-6-17(21-2)18(8-12)22-3/h5-11,19-20H,4H2,1-3H3/b13-7+. The molecule has 0 saturated heterocycles. The molecular weight excluding hydrogens is 280 g/mol. The Morgan fingerprint density at radius 3 is 2.14 bits per heavy atom. The number of rotatable bonds is 5. The number of ether oxygens (including phenoxy) is 2. The van der Waals surface area contributed by atoms with Crippen LogP contribution in [0.2, 0.25) is 0 Å². The van der Waals surface area contributed by atoms with Crippen LogP contribution in [0.15, 0.2) is 36.4 Å². The molecule has 0 atom stereocenters. The van der Waals surface area contributed by atoms with Crippen LogP contribution in [-0.4, -0.2) is 24.4 Å². The zero-order chi connectivity index (χ0) is 16.1. The summed E-state index contributed by atoms with van der Waals surface area (Å²) in [5.41, 5.74) is 2.74. The van der Waals surface area contributed by atoms with Gasteiger partial charge in [0.1, 0.15) is 11.5 Å². The third-order valence-electron chi connectivity index (χ3n) is 3.40. The second-order valence-corrected chi connectivity index (χ2v) is 4.88. The quantitative estimate of drug-likeness (QED) is 0.817. The summed E-state index contributed by atoms with van der Waals surface area (Å²) >= 11 is 0. The number of methoxy groups -OCH3 is 2. The van der Waals surface area contributed by atoms with Gasteiger partial charge in [-0.1, -0.05) is 19.1 Å². The van der Waals surface area contributed by atoms with Crippen molar-refractivity contribution in [2.24, 2.45) is 0 Å². The lowest BCUT2D eigenvalue weighted by Gasteiger charge is -2.10. The van der Waals surface area contributed by atoms with E-state index >= 15 is 0 Å². The predicted octanol–water partition coefficient (Wildman–Crippen LogP) is 4.07. The Bertz CT molecular complexity index is 669. The van der Waals surface area contributed by atoms with Gasteiger partial charge in [0.15, 0.2) is 11.5 Å². The SMILES string of the molecule is CC/C(=C\c1ccc(OC)c(OC)c1)c1cc(O)cc(O)c1. The van der Waals surface area contributed by atoms with Gasteiger partial charge in [0.25, 0.3) is 0 Å². The lowest BCUT2D eigenvalue weighted by molar-refractivity contribution is 0.355. The van der Waals surface area contributed by atoms with Crippen molar-refractivity contribution in [3.8, 4) is 23.0 Å². The Hall–Kier alpha value is -2.62. The van der Waals surface area contributed by atoms with Crippen LogP contribution in [-0.2, 0) is 0 Å². The highest BCUT2D eigenvalue weighted by Gasteiger charge is 2.07. The minimum atomic E-state index is 0.0432. The summed E-state index contributed by atoms with van der Waals surface area (Å²) in [6, 6.07) is 10.2. The van der Waals surface area contributed by atoms with Crippen molar-refractivity contribution in [2.75, 3.05) is 14.2 Å². The molecule has 2 rings (SSSR count). The molecule has 0 aromatic heterocycles. The molecule has 0 radical (unpaired) electrons. The Balaban J connectivity index is 2.44. The molecule has 4 heteroatoms. The largest absolute Gasteiger partial charge is 0.508 e. The van der Waals surface area contributed by atoms with Crippen molar-refractivity contribution < 1.29 is 19.7 Å². The van der Waals surface area contributed by atoms with Crippen LogP contribution >= 0.6 is 0 Å². The maximum atomic E-state index is 9.63. The first-order valence-electron chi connectivity index (χ1n) is 7.03. The van der Waals surface area contributed by atoms with Gasteiger partial charge in [-0.25, -0.2) is 0 Å². The first-order chi connectivity index (χ1) is 10.6. The second kappa shape index (κ2) is 6.89. The molecule has 2 aromatic rings. The van der Waals surface area contributed by atoms with E-state index in [-0.39, 0.29) is 11.5 Å². The minimum Gasteiger partial charge on any atom is -0.508 e. The number of allylic oxidation sites excluding steroid dienone is 1. The first kappa shape index (κ1) is 15.8. The van der Waals surface area contributed by atoms with Crippen LogP contribution in [0.25, 0.3) is 11.6 Å². The van der Waals surface area contributed by atoms with E-state index in [9.17, 15) is 10.2 Å². The maximum absolute atomic E-state index is 9.63. The summed E-state index contributed by atoms with van der Waals surface area (Å²) in [5.74, 6) is 1.42. The van der Waals surface area contributed by atoms with Crippen molar-refractivity contribution in [1.82, 2.24) is 0 Å². The van der Waals surface area contributed by atoms with E-state index in [0.29, 0.717) is 11.5 Å². The minimum absolute atomic E-state index is 0.0432. The Morgan fingerprint density at radius 1 is 0.955 bits per heavy atom. The molecule has 4 nitrogen and oxygen atoms in total. The number of aromatic hydroxyl groups is 2. The molecule has 0 heterocycles. The molecule has 116 valence electrons. The van der Waals surface area contributed by atoms with Crippen LogP contribution in [0.5, 0.6) is 23.0 Å².